The molecule has 0 spiro atoms. The highest BCUT2D eigenvalue weighted by Crippen LogP contribution is 2.33. The minimum absolute atomic E-state index is 0.558. The first kappa shape index (κ1) is 22.8. The summed E-state index contributed by atoms with van der Waals surface area (Å²) in [5.74, 6) is -2.51. The first-order valence-corrected chi connectivity index (χ1v) is 10.8. The highest BCUT2D eigenvalue weighted by atomic mass is 35.5. The Kier molecular flexibility index (Phi) is 7.32. The summed E-state index contributed by atoms with van der Waals surface area (Å²) < 4.78 is 0. The Morgan fingerprint density at radius 2 is 1.68 bits per heavy atom. The smallest absolute Gasteiger partial charge is 0.328 e. The fourth-order valence-electron chi connectivity index (χ4n) is 3.29. The van der Waals surface area contributed by atoms with Crippen LogP contribution in [0.1, 0.15) is 0 Å². The van der Waals surface area contributed by atoms with Crippen LogP contribution < -0.4 is 20.4 Å². The quantitative estimate of drug-likeness (QED) is 0.673. The number of carboxylic acids is 2. The number of anilines is 2. The summed E-state index contributed by atoms with van der Waals surface area (Å²) in [6.45, 7) is 4.14. The van der Waals surface area contributed by atoms with Crippen LogP contribution in [0.15, 0.2) is 40.0 Å². The molecule has 0 atom stereocenters. The largest absolute Gasteiger partial charge is 0.478 e. The normalized spacial score (nSPS) is 15.7. The van der Waals surface area contributed by atoms with E-state index in [1.807, 2.05) is 6.07 Å². The van der Waals surface area contributed by atoms with Gasteiger partial charge in [0.2, 0.25) is 0 Å². The van der Waals surface area contributed by atoms with Gasteiger partial charge in [-0.05, 0) is 19.2 Å². The van der Waals surface area contributed by atoms with Crippen LogP contribution in [0.25, 0.3) is 6.20 Å². The molecule has 3 heterocycles. The van der Waals surface area contributed by atoms with Crippen LogP contribution in [-0.2, 0) is 9.59 Å². The highest BCUT2D eigenvalue weighted by molar-refractivity contribution is 7.08. The third-order valence-electron chi connectivity index (χ3n) is 4.86. The van der Waals surface area contributed by atoms with Gasteiger partial charge in [0.1, 0.15) is 0 Å². The average Bonchev–Trinajstić information content (AvgIpc) is 3.13. The summed E-state index contributed by atoms with van der Waals surface area (Å²) in [7, 11) is 4.23. The number of hydrogen-bond donors (Lipinski definition) is 2. The van der Waals surface area contributed by atoms with Crippen molar-refractivity contribution in [2.45, 2.75) is 0 Å². The molecule has 0 radical (unpaired) electrons. The van der Waals surface area contributed by atoms with Crippen LogP contribution in [-0.4, -0.2) is 67.3 Å². The number of halogens is 1. The van der Waals surface area contributed by atoms with Crippen molar-refractivity contribution in [3.8, 4) is 0 Å². The number of fused-ring (bicyclic) bond motifs is 2. The Morgan fingerprint density at radius 3 is 2.29 bits per heavy atom. The van der Waals surface area contributed by atoms with Crippen LogP contribution >= 0.6 is 22.9 Å². The Balaban J connectivity index is 0.000000293. The molecule has 1 saturated heterocycles. The SMILES string of the molecule is CN1CCN(c2cc(Cl)cc3c2=Nc2cscc2N(C)C=3)CC1.O=C(O)C=CC(=O)O. The van der Waals surface area contributed by atoms with E-state index < -0.39 is 11.9 Å². The van der Waals surface area contributed by atoms with Crippen molar-refractivity contribution >= 4 is 58.1 Å². The molecule has 0 unspecified atom stereocenters. The van der Waals surface area contributed by atoms with E-state index in [9.17, 15) is 9.59 Å². The molecule has 0 amide bonds. The van der Waals surface area contributed by atoms with E-state index in [0.29, 0.717) is 12.2 Å². The minimum Gasteiger partial charge on any atom is -0.478 e. The van der Waals surface area contributed by atoms with Crippen molar-refractivity contribution in [1.82, 2.24) is 4.90 Å². The summed E-state index contributed by atoms with van der Waals surface area (Å²) in [6.07, 6.45) is 3.24. The van der Waals surface area contributed by atoms with Gasteiger partial charge in [-0.2, -0.15) is 0 Å². The van der Waals surface area contributed by atoms with Crippen molar-refractivity contribution in [3.63, 3.8) is 0 Å². The minimum atomic E-state index is -1.26. The van der Waals surface area contributed by atoms with Gasteiger partial charge in [0.05, 0.1) is 22.4 Å². The Hall–Kier alpha value is -2.88. The monoisotopic (exact) mass is 462 g/mol. The lowest BCUT2D eigenvalue weighted by Crippen LogP contribution is -2.47. The zero-order chi connectivity index (χ0) is 22.5. The molecular formula is C21H23ClN4O4S. The van der Waals surface area contributed by atoms with E-state index >= 15 is 0 Å². The first-order chi connectivity index (χ1) is 14.7. The summed E-state index contributed by atoms with van der Waals surface area (Å²) >= 11 is 8.09. The van der Waals surface area contributed by atoms with Gasteiger partial charge in [0, 0.05) is 72.6 Å². The lowest BCUT2D eigenvalue weighted by Gasteiger charge is -2.34. The first-order valence-electron chi connectivity index (χ1n) is 9.51. The van der Waals surface area contributed by atoms with Gasteiger partial charge in [-0.3, -0.25) is 0 Å². The lowest BCUT2D eigenvalue weighted by molar-refractivity contribution is -0.134. The molecule has 2 aromatic rings. The van der Waals surface area contributed by atoms with Gasteiger partial charge in [-0.25, -0.2) is 14.6 Å². The highest BCUT2D eigenvalue weighted by Gasteiger charge is 2.18. The van der Waals surface area contributed by atoms with Crippen molar-refractivity contribution in [1.29, 1.82) is 0 Å². The number of carboxylic acid groups (broad SMARTS) is 2. The fraction of sp³-hybridized carbons (Fsp3) is 0.286. The number of likely N-dealkylation sites (N-methyl/N-ethyl adjacent to an activating group) is 1. The van der Waals surface area contributed by atoms with Crippen LogP contribution in [0.3, 0.4) is 0 Å². The van der Waals surface area contributed by atoms with Gasteiger partial charge in [0.15, 0.2) is 0 Å². The van der Waals surface area contributed by atoms with Crippen LogP contribution in [0.4, 0.5) is 17.1 Å². The third kappa shape index (κ3) is 5.84. The van der Waals surface area contributed by atoms with E-state index in [0.717, 1.165) is 58.8 Å². The van der Waals surface area contributed by atoms with Crippen molar-refractivity contribution < 1.29 is 19.8 Å². The second-order valence-electron chi connectivity index (χ2n) is 7.16. The molecule has 2 N–H and O–H groups in total. The molecule has 31 heavy (non-hydrogen) atoms. The van der Waals surface area contributed by atoms with E-state index in [4.69, 9.17) is 26.8 Å². The number of piperazine rings is 1. The number of nitrogens with zero attached hydrogens (tertiary/aromatic N) is 4. The van der Waals surface area contributed by atoms with Crippen LogP contribution in [0.5, 0.6) is 0 Å². The molecular weight excluding hydrogens is 440 g/mol. The number of thiophene rings is 1. The van der Waals surface area contributed by atoms with Crippen LogP contribution in [0, 0.1) is 0 Å². The predicted molar refractivity (Wildman–Crippen MR) is 123 cm³/mol. The van der Waals surface area contributed by atoms with Crippen molar-refractivity contribution in [2.75, 3.05) is 50.1 Å². The van der Waals surface area contributed by atoms with E-state index in [1.54, 1.807) is 11.3 Å². The molecule has 2 aliphatic rings. The average molecular weight is 463 g/mol. The Morgan fingerprint density at radius 1 is 1.03 bits per heavy atom. The molecule has 0 bridgehead atoms. The summed E-state index contributed by atoms with van der Waals surface area (Å²) in [5.41, 5.74) is 3.32. The number of aliphatic carboxylic acids is 2. The summed E-state index contributed by atoms with van der Waals surface area (Å²) in [6, 6.07) is 4.06. The van der Waals surface area contributed by atoms with Gasteiger partial charge < -0.3 is 24.9 Å². The maximum Gasteiger partial charge on any atom is 0.328 e. The van der Waals surface area contributed by atoms with Gasteiger partial charge in [0.25, 0.3) is 0 Å². The number of benzene rings is 1. The molecule has 4 rings (SSSR count). The lowest BCUT2D eigenvalue weighted by atomic mass is 10.2. The zero-order valence-corrected chi connectivity index (χ0v) is 18.7. The maximum atomic E-state index is 9.55. The third-order valence-corrected chi connectivity index (χ3v) is 5.80. The Bertz CT molecular complexity index is 1110. The molecule has 164 valence electrons. The number of hydrogen-bond acceptors (Lipinski definition) is 7. The van der Waals surface area contributed by atoms with Gasteiger partial charge >= 0.3 is 11.9 Å². The summed E-state index contributed by atoms with van der Waals surface area (Å²) in [4.78, 5) is 31.0. The van der Waals surface area contributed by atoms with E-state index in [-0.39, 0.29) is 0 Å². The molecule has 1 aromatic carbocycles. The Labute approximate surface area is 188 Å². The second kappa shape index (κ2) is 9.95. The maximum absolute atomic E-state index is 9.55. The van der Waals surface area contributed by atoms with Gasteiger partial charge in [-0.1, -0.05) is 11.6 Å². The molecule has 10 heteroatoms. The second-order valence-corrected chi connectivity index (χ2v) is 8.34. The topological polar surface area (TPSA) is 96.7 Å². The molecule has 8 nitrogen and oxygen atoms in total. The number of rotatable bonds is 3. The molecule has 1 aromatic heterocycles. The van der Waals surface area contributed by atoms with E-state index in [2.05, 4.69) is 51.8 Å². The standard InChI is InChI=1S/C17H19ClN4S.C4H4O4/c1-20-3-5-22(6-4-20)15-8-13(18)7-12-9-21(2)16-11-23-10-14(16)19-17(12)15;5-3(6)1-2-4(7)8/h7-11H,3-6H2,1-2H3;1-2H,(H,5,6)(H,7,8). The number of carbonyl (C=O) groups is 2. The van der Waals surface area contributed by atoms with E-state index in [1.165, 1.54) is 0 Å². The molecule has 0 saturated carbocycles. The predicted octanol–water partition coefficient (Wildman–Crippen LogP) is 2.00. The molecule has 2 aliphatic heterocycles. The molecule has 1 fully saturated rings. The van der Waals surface area contributed by atoms with Crippen molar-refractivity contribution in [3.05, 3.63) is 50.6 Å². The molecule has 0 aliphatic carbocycles. The van der Waals surface area contributed by atoms with Crippen LogP contribution in [0.2, 0.25) is 5.02 Å². The van der Waals surface area contributed by atoms with Crippen molar-refractivity contribution in [2.24, 2.45) is 4.99 Å². The summed E-state index contributed by atoms with van der Waals surface area (Å²) in [5, 5.41) is 22.7. The zero-order valence-electron chi connectivity index (χ0n) is 17.2. The van der Waals surface area contributed by atoms with Gasteiger partial charge in [-0.15, -0.1) is 11.3 Å². The fourth-order valence-corrected chi connectivity index (χ4v) is 4.29.